The summed E-state index contributed by atoms with van der Waals surface area (Å²) in [6, 6.07) is 1.75. The molecule has 1 heterocycles. The van der Waals surface area contributed by atoms with Gasteiger partial charge in [0.1, 0.15) is 11.5 Å². The third-order valence-corrected chi connectivity index (χ3v) is 2.43. The Bertz CT molecular complexity index is 516. The van der Waals surface area contributed by atoms with Gasteiger partial charge >= 0.3 is 6.18 Å². The highest BCUT2D eigenvalue weighted by molar-refractivity contribution is 5.97. The number of amides is 1. The van der Waals surface area contributed by atoms with E-state index in [0.29, 0.717) is 0 Å². The SMILES string of the molecule is C=CCN(CC=C)c1nc(C(F)(F)F)ccc1C(N)=O. The van der Waals surface area contributed by atoms with Gasteiger partial charge in [-0.15, -0.1) is 13.2 Å². The normalized spacial score (nSPS) is 10.9. The monoisotopic (exact) mass is 285 g/mol. The molecule has 1 rings (SSSR count). The Morgan fingerprint density at radius 3 is 2.25 bits per heavy atom. The molecule has 2 N–H and O–H groups in total. The maximum absolute atomic E-state index is 12.7. The lowest BCUT2D eigenvalue weighted by molar-refractivity contribution is -0.141. The first-order valence-corrected chi connectivity index (χ1v) is 5.66. The topological polar surface area (TPSA) is 59.2 Å². The number of rotatable bonds is 6. The maximum Gasteiger partial charge on any atom is 0.433 e. The first-order chi connectivity index (χ1) is 9.31. The third kappa shape index (κ3) is 3.59. The van der Waals surface area contributed by atoms with E-state index in [0.717, 1.165) is 12.1 Å². The van der Waals surface area contributed by atoms with Crippen LogP contribution in [0.3, 0.4) is 0 Å². The van der Waals surface area contributed by atoms with E-state index in [2.05, 4.69) is 18.1 Å². The van der Waals surface area contributed by atoms with Gasteiger partial charge in [-0.1, -0.05) is 12.2 Å². The molecule has 1 aromatic rings. The molecule has 0 unspecified atom stereocenters. The molecule has 20 heavy (non-hydrogen) atoms. The number of hydrogen-bond donors (Lipinski definition) is 1. The molecule has 0 aliphatic rings. The van der Waals surface area contributed by atoms with Gasteiger partial charge in [0, 0.05) is 13.1 Å². The Hall–Kier alpha value is -2.31. The molecule has 1 amide bonds. The number of hydrogen-bond acceptors (Lipinski definition) is 3. The summed E-state index contributed by atoms with van der Waals surface area (Å²) in [5.74, 6) is -0.980. The predicted octanol–water partition coefficient (Wildman–Crippen LogP) is 2.38. The second-order valence-electron chi connectivity index (χ2n) is 3.91. The van der Waals surface area contributed by atoms with Crippen LogP contribution in [0.4, 0.5) is 19.0 Å². The molecule has 1 aromatic heterocycles. The van der Waals surface area contributed by atoms with Crippen molar-refractivity contribution >= 4 is 11.7 Å². The van der Waals surface area contributed by atoms with E-state index in [9.17, 15) is 18.0 Å². The highest BCUT2D eigenvalue weighted by atomic mass is 19.4. The van der Waals surface area contributed by atoms with E-state index in [-0.39, 0.29) is 24.5 Å². The number of aromatic nitrogens is 1. The van der Waals surface area contributed by atoms with Gasteiger partial charge < -0.3 is 10.6 Å². The second-order valence-corrected chi connectivity index (χ2v) is 3.91. The van der Waals surface area contributed by atoms with Gasteiger partial charge in [-0.05, 0) is 12.1 Å². The molecule has 0 saturated carbocycles. The van der Waals surface area contributed by atoms with Crippen LogP contribution in [0.25, 0.3) is 0 Å². The summed E-state index contributed by atoms with van der Waals surface area (Å²) in [4.78, 5) is 16.3. The zero-order valence-corrected chi connectivity index (χ0v) is 10.7. The van der Waals surface area contributed by atoms with Gasteiger partial charge in [0.2, 0.25) is 0 Å². The Labute approximate surface area is 114 Å². The van der Waals surface area contributed by atoms with Gasteiger partial charge in [-0.2, -0.15) is 13.2 Å². The van der Waals surface area contributed by atoms with Crippen LogP contribution >= 0.6 is 0 Å². The number of anilines is 1. The summed E-state index contributed by atoms with van der Waals surface area (Å²) in [6.45, 7) is 7.44. The van der Waals surface area contributed by atoms with Crippen molar-refractivity contribution < 1.29 is 18.0 Å². The fourth-order valence-electron chi connectivity index (χ4n) is 1.60. The van der Waals surface area contributed by atoms with Crippen LogP contribution in [0.2, 0.25) is 0 Å². The number of alkyl halides is 3. The van der Waals surface area contributed by atoms with Crippen molar-refractivity contribution in [3.05, 3.63) is 48.7 Å². The predicted molar refractivity (Wildman–Crippen MR) is 70.4 cm³/mol. The lowest BCUT2D eigenvalue weighted by Crippen LogP contribution is -2.29. The Balaban J connectivity index is 3.40. The first-order valence-electron chi connectivity index (χ1n) is 5.66. The van der Waals surface area contributed by atoms with Crippen LogP contribution in [0.5, 0.6) is 0 Å². The number of nitrogens with zero attached hydrogens (tertiary/aromatic N) is 2. The Morgan fingerprint density at radius 2 is 1.85 bits per heavy atom. The highest BCUT2D eigenvalue weighted by Gasteiger charge is 2.34. The number of halogens is 3. The van der Waals surface area contributed by atoms with Crippen molar-refractivity contribution in [3.8, 4) is 0 Å². The Kier molecular flexibility index (Phi) is 4.90. The van der Waals surface area contributed by atoms with E-state index in [1.165, 1.54) is 17.1 Å². The number of carbonyl (C=O) groups excluding carboxylic acids is 1. The summed E-state index contributed by atoms with van der Waals surface area (Å²) >= 11 is 0. The van der Waals surface area contributed by atoms with Crippen LogP contribution < -0.4 is 10.6 Å². The molecule has 0 aromatic carbocycles. The van der Waals surface area contributed by atoms with E-state index in [1.807, 2.05) is 0 Å². The molecule has 0 bridgehead atoms. The summed E-state index contributed by atoms with van der Waals surface area (Å²) in [5.41, 5.74) is 4.00. The summed E-state index contributed by atoms with van der Waals surface area (Å²) in [7, 11) is 0. The van der Waals surface area contributed by atoms with Gasteiger partial charge in [-0.25, -0.2) is 4.98 Å². The molecule has 0 aliphatic heterocycles. The summed E-state index contributed by atoms with van der Waals surface area (Å²) in [6.07, 6.45) is -1.63. The lowest BCUT2D eigenvalue weighted by atomic mass is 10.2. The minimum Gasteiger partial charge on any atom is -0.365 e. The average molecular weight is 285 g/mol. The largest absolute Gasteiger partial charge is 0.433 e. The average Bonchev–Trinajstić information content (AvgIpc) is 2.36. The summed E-state index contributed by atoms with van der Waals surface area (Å²) in [5, 5.41) is 0. The van der Waals surface area contributed by atoms with E-state index in [1.54, 1.807) is 0 Å². The zero-order valence-electron chi connectivity index (χ0n) is 10.7. The van der Waals surface area contributed by atoms with Crippen molar-refractivity contribution in [3.63, 3.8) is 0 Å². The minimum atomic E-state index is -4.60. The third-order valence-electron chi connectivity index (χ3n) is 2.43. The first kappa shape index (κ1) is 15.7. The molecule has 108 valence electrons. The number of pyridine rings is 1. The molecule has 0 fully saturated rings. The van der Waals surface area contributed by atoms with Crippen LogP contribution in [0, 0.1) is 0 Å². The van der Waals surface area contributed by atoms with Crippen molar-refractivity contribution in [2.75, 3.05) is 18.0 Å². The van der Waals surface area contributed by atoms with Gasteiger partial charge in [0.15, 0.2) is 0 Å². The van der Waals surface area contributed by atoms with Crippen LogP contribution in [-0.4, -0.2) is 24.0 Å². The molecule has 0 aliphatic carbocycles. The van der Waals surface area contributed by atoms with E-state index in [4.69, 9.17) is 5.73 Å². The standard InChI is InChI=1S/C13H14F3N3O/c1-3-7-19(8-4-2)12-9(11(17)20)5-6-10(18-12)13(14,15)16/h3-6H,1-2,7-8H2,(H2,17,20). The molecule has 7 heteroatoms. The molecular weight excluding hydrogens is 271 g/mol. The van der Waals surface area contributed by atoms with Gasteiger partial charge in [-0.3, -0.25) is 4.79 Å². The van der Waals surface area contributed by atoms with E-state index >= 15 is 0 Å². The number of nitrogens with two attached hydrogens (primary N) is 1. The second kappa shape index (κ2) is 6.23. The molecule has 0 saturated heterocycles. The quantitative estimate of drug-likeness (QED) is 0.816. The maximum atomic E-state index is 12.7. The minimum absolute atomic E-state index is 0.0818. The smallest absolute Gasteiger partial charge is 0.365 e. The highest BCUT2D eigenvalue weighted by Crippen LogP contribution is 2.30. The van der Waals surface area contributed by atoms with Crippen molar-refractivity contribution in [1.29, 1.82) is 0 Å². The fraction of sp³-hybridized carbons (Fsp3) is 0.231. The van der Waals surface area contributed by atoms with Crippen molar-refractivity contribution in [2.45, 2.75) is 6.18 Å². The number of carbonyl (C=O) groups is 1. The molecule has 0 radical (unpaired) electrons. The van der Waals surface area contributed by atoms with E-state index < -0.39 is 17.8 Å². The number of primary amides is 1. The van der Waals surface area contributed by atoms with Crippen LogP contribution in [-0.2, 0) is 6.18 Å². The molecular formula is C13H14F3N3O. The van der Waals surface area contributed by atoms with Gasteiger partial charge in [0.25, 0.3) is 5.91 Å². The fourth-order valence-corrected chi connectivity index (χ4v) is 1.60. The summed E-state index contributed by atoms with van der Waals surface area (Å²) < 4.78 is 38.1. The van der Waals surface area contributed by atoms with Gasteiger partial charge in [0.05, 0.1) is 5.56 Å². The van der Waals surface area contributed by atoms with Crippen LogP contribution in [0.1, 0.15) is 16.1 Å². The molecule has 0 spiro atoms. The molecule has 0 atom stereocenters. The Morgan fingerprint density at radius 1 is 1.30 bits per heavy atom. The lowest BCUT2D eigenvalue weighted by Gasteiger charge is -2.23. The van der Waals surface area contributed by atoms with Crippen molar-refractivity contribution in [1.82, 2.24) is 4.98 Å². The zero-order chi connectivity index (χ0) is 15.3. The van der Waals surface area contributed by atoms with Crippen molar-refractivity contribution in [2.24, 2.45) is 5.73 Å². The van der Waals surface area contributed by atoms with Crippen LogP contribution in [0.15, 0.2) is 37.4 Å². The molecule has 4 nitrogen and oxygen atoms in total.